The molecule has 0 N–H and O–H groups in total. The zero-order valence-corrected chi connectivity index (χ0v) is 7.97. The Morgan fingerprint density at radius 2 is 2.27 bits per heavy atom. The van der Waals surface area contributed by atoms with Crippen LogP contribution in [0.2, 0.25) is 0 Å². The van der Waals surface area contributed by atoms with E-state index in [9.17, 15) is 0 Å². The third-order valence-corrected chi connectivity index (χ3v) is 2.87. The first-order chi connectivity index (χ1) is 5.22. The van der Waals surface area contributed by atoms with Gasteiger partial charge in [-0.25, -0.2) is 4.84 Å². The van der Waals surface area contributed by atoms with Crippen LogP contribution in [0.3, 0.4) is 0 Å². The van der Waals surface area contributed by atoms with E-state index in [0.717, 1.165) is 17.1 Å². The van der Waals surface area contributed by atoms with E-state index in [1.807, 2.05) is 7.11 Å². The highest BCUT2D eigenvalue weighted by atomic mass is 16.7. The van der Waals surface area contributed by atoms with Gasteiger partial charge < -0.3 is 0 Å². The predicted octanol–water partition coefficient (Wildman–Crippen LogP) is 1.81. The molecule has 2 atom stereocenters. The number of likely N-dealkylation sites (tertiary alicyclic amines) is 1. The minimum Gasteiger partial charge on any atom is -0.206 e. The maximum atomic E-state index is 5.54. The van der Waals surface area contributed by atoms with Crippen molar-refractivity contribution in [3.8, 4) is 0 Å². The SMILES string of the molecule is CC[N+]1(OC)CCCC(C)C1. The Morgan fingerprint density at radius 1 is 1.55 bits per heavy atom. The monoisotopic (exact) mass is 158 g/mol. The molecule has 0 bridgehead atoms. The number of nitrogens with zero attached hydrogens (tertiary/aromatic N) is 1. The molecule has 1 heterocycles. The van der Waals surface area contributed by atoms with Gasteiger partial charge in [-0.2, -0.15) is 4.65 Å². The molecule has 1 aliphatic heterocycles. The molecule has 0 amide bonds. The maximum absolute atomic E-state index is 5.54. The zero-order chi connectivity index (χ0) is 8.32. The van der Waals surface area contributed by atoms with Crippen molar-refractivity contribution in [3.05, 3.63) is 0 Å². The van der Waals surface area contributed by atoms with Crippen molar-refractivity contribution in [2.24, 2.45) is 5.92 Å². The lowest BCUT2D eigenvalue weighted by Crippen LogP contribution is -2.52. The summed E-state index contributed by atoms with van der Waals surface area (Å²) in [6, 6.07) is 0. The van der Waals surface area contributed by atoms with Gasteiger partial charge in [0.1, 0.15) is 19.6 Å². The molecule has 0 aromatic heterocycles. The third kappa shape index (κ3) is 1.94. The van der Waals surface area contributed by atoms with E-state index in [4.69, 9.17) is 4.84 Å². The van der Waals surface area contributed by atoms with Crippen molar-refractivity contribution in [1.29, 1.82) is 0 Å². The quantitative estimate of drug-likeness (QED) is 0.557. The molecule has 2 nitrogen and oxygen atoms in total. The van der Waals surface area contributed by atoms with Crippen molar-refractivity contribution in [2.45, 2.75) is 26.7 Å². The molecule has 2 unspecified atom stereocenters. The van der Waals surface area contributed by atoms with Crippen molar-refractivity contribution in [1.82, 2.24) is 0 Å². The average molecular weight is 158 g/mol. The fourth-order valence-electron chi connectivity index (χ4n) is 2.06. The van der Waals surface area contributed by atoms with Crippen LogP contribution in [0.1, 0.15) is 26.7 Å². The molecule has 1 aliphatic rings. The third-order valence-electron chi connectivity index (χ3n) is 2.87. The summed E-state index contributed by atoms with van der Waals surface area (Å²) in [5.74, 6) is 0.837. The molecule has 66 valence electrons. The number of piperidine rings is 1. The highest BCUT2D eigenvalue weighted by Crippen LogP contribution is 2.22. The van der Waals surface area contributed by atoms with Gasteiger partial charge in [0.15, 0.2) is 0 Å². The summed E-state index contributed by atoms with van der Waals surface area (Å²) in [6.45, 7) is 8.05. The van der Waals surface area contributed by atoms with Gasteiger partial charge in [-0.1, -0.05) is 6.92 Å². The largest absolute Gasteiger partial charge is 0.206 e. The maximum Gasteiger partial charge on any atom is 0.111 e. The normalized spacial score (nSPS) is 39.0. The lowest BCUT2D eigenvalue weighted by atomic mass is 10.00. The van der Waals surface area contributed by atoms with Crippen LogP contribution in [0, 0.1) is 5.92 Å². The number of hydroxylamine groups is 3. The minimum atomic E-state index is 0.837. The minimum absolute atomic E-state index is 0.837. The first-order valence-corrected chi connectivity index (χ1v) is 4.64. The first kappa shape index (κ1) is 9.01. The van der Waals surface area contributed by atoms with Gasteiger partial charge in [0.25, 0.3) is 0 Å². The van der Waals surface area contributed by atoms with Crippen molar-refractivity contribution >= 4 is 0 Å². The molecule has 0 aliphatic carbocycles. The Bertz CT molecular complexity index is 121. The molecule has 0 saturated carbocycles. The lowest BCUT2D eigenvalue weighted by Gasteiger charge is -2.38. The second kappa shape index (κ2) is 3.55. The Labute approximate surface area is 69.7 Å². The molecule has 1 fully saturated rings. The topological polar surface area (TPSA) is 9.23 Å². The number of quaternary nitrogens is 1. The molecular formula is C9H20NO+. The zero-order valence-electron chi connectivity index (χ0n) is 7.97. The number of hydrogen-bond donors (Lipinski definition) is 0. The van der Waals surface area contributed by atoms with Crippen LogP contribution >= 0.6 is 0 Å². The summed E-state index contributed by atoms with van der Waals surface area (Å²) < 4.78 is 0.876. The van der Waals surface area contributed by atoms with Gasteiger partial charge in [0, 0.05) is 5.92 Å². The summed E-state index contributed by atoms with van der Waals surface area (Å²) in [7, 11) is 1.83. The van der Waals surface area contributed by atoms with E-state index < -0.39 is 0 Å². The average Bonchev–Trinajstić information content (AvgIpc) is 2.04. The molecule has 0 radical (unpaired) electrons. The standard InChI is InChI=1S/C9H20NO/c1-4-10(11-3)7-5-6-9(2)8-10/h9H,4-8H2,1-3H3/q+1. The van der Waals surface area contributed by atoms with Crippen LogP contribution in [-0.4, -0.2) is 31.4 Å². The fraction of sp³-hybridized carbons (Fsp3) is 1.00. The van der Waals surface area contributed by atoms with E-state index in [1.165, 1.54) is 25.9 Å². The van der Waals surface area contributed by atoms with Gasteiger partial charge in [0.05, 0.1) is 7.11 Å². The summed E-state index contributed by atoms with van der Waals surface area (Å²) >= 11 is 0. The fourth-order valence-corrected chi connectivity index (χ4v) is 2.06. The van der Waals surface area contributed by atoms with Gasteiger partial charge in [-0.3, -0.25) is 0 Å². The first-order valence-electron chi connectivity index (χ1n) is 4.64. The van der Waals surface area contributed by atoms with E-state index in [1.54, 1.807) is 0 Å². The van der Waals surface area contributed by atoms with Crippen LogP contribution in [-0.2, 0) is 4.84 Å². The molecule has 2 heteroatoms. The second-order valence-electron chi connectivity index (χ2n) is 3.71. The second-order valence-corrected chi connectivity index (χ2v) is 3.71. The molecular weight excluding hydrogens is 138 g/mol. The Balaban J connectivity index is 2.52. The molecule has 11 heavy (non-hydrogen) atoms. The van der Waals surface area contributed by atoms with Crippen LogP contribution in [0.4, 0.5) is 0 Å². The lowest BCUT2D eigenvalue weighted by molar-refractivity contribution is -1.11. The number of hydrogen-bond acceptors (Lipinski definition) is 1. The van der Waals surface area contributed by atoms with E-state index in [-0.39, 0.29) is 0 Å². The highest BCUT2D eigenvalue weighted by Gasteiger charge is 2.32. The highest BCUT2D eigenvalue weighted by molar-refractivity contribution is 4.57. The molecule has 1 rings (SSSR count). The molecule has 0 aromatic rings. The van der Waals surface area contributed by atoms with Gasteiger partial charge in [0.2, 0.25) is 0 Å². The summed E-state index contributed by atoms with van der Waals surface area (Å²) in [5, 5.41) is 0. The van der Waals surface area contributed by atoms with Crippen LogP contribution < -0.4 is 0 Å². The Morgan fingerprint density at radius 3 is 2.64 bits per heavy atom. The van der Waals surface area contributed by atoms with Crippen molar-refractivity contribution in [3.63, 3.8) is 0 Å². The van der Waals surface area contributed by atoms with Crippen molar-refractivity contribution in [2.75, 3.05) is 26.7 Å². The summed E-state index contributed by atoms with van der Waals surface area (Å²) in [5.41, 5.74) is 0. The van der Waals surface area contributed by atoms with E-state index in [0.29, 0.717) is 0 Å². The summed E-state index contributed by atoms with van der Waals surface area (Å²) in [6.07, 6.45) is 2.70. The van der Waals surface area contributed by atoms with E-state index in [2.05, 4.69) is 13.8 Å². The van der Waals surface area contributed by atoms with Crippen LogP contribution in [0.15, 0.2) is 0 Å². The van der Waals surface area contributed by atoms with Gasteiger partial charge in [-0.05, 0) is 19.8 Å². The smallest absolute Gasteiger partial charge is 0.111 e. The van der Waals surface area contributed by atoms with Crippen LogP contribution in [0.25, 0.3) is 0 Å². The number of rotatable bonds is 2. The predicted molar refractivity (Wildman–Crippen MR) is 45.9 cm³/mol. The molecule has 0 spiro atoms. The molecule has 0 aromatic carbocycles. The van der Waals surface area contributed by atoms with Crippen molar-refractivity contribution < 1.29 is 9.48 Å². The van der Waals surface area contributed by atoms with Gasteiger partial charge >= 0.3 is 0 Å². The Kier molecular flexibility index (Phi) is 2.90. The Hall–Kier alpha value is -0.0800. The summed E-state index contributed by atoms with van der Waals surface area (Å²) in [4.78, 5) is 5.54. The van der Waals surface area contributed by atoms with E-state index >= 15 is 0 Å². The van der Waals surface area contributed by atoms with Gasteiger partial charge in [-0.15, -0.1) is 0 Å². The molecule has 1 saturated heterocycles. The van der Waals surface area contributed by atoms with Crippen LogP contribution in [0.5, 0.6) is 0 Å².